The SMILES string of the molecule is C=C(C)[C@@H]1CC[C@@]2(C1)C(C)=CC(=O)[C@H](OC(C)=O)[C@H]2C. The van der Waals surface area contributed by atoms with Crippen molar-refractivity contribution in [3.63, 3.8) is 0 Å². The highest BCUT2D eigenvalue weighted by atomic mass is 16.5. The van der Waals surface area contributed by atoms with E-state index in [1.54, 1.807) is 6.08 Å². The fourth-order valence-corrected chi connectivity index (χ4v) is 3.94. The molecule has 20 heavy (non-hydrogen) atoms. The first-order valence-corrected chi connectivity index (χ1v) is 7.33. The van der Waals surface area contributed by atoms with E-state index < -0.39 is 6.10 Å². The van der Waals surface area contributed by atoms with Crippen LogP contribution in [0.4, 0.5) is 0 Å². The lowest BCUT2D eigenvalue weighted by Crippen LogP contribution is -2.45. The van der Waals surface area contributed by atoms with Gasteiger partial charge in [-0.15, -0.1) is 0 Å². The first-order valence-electron chi connectivity index (χ1n) is 7.33. The van der Waals surface area contributed by atoms with Crippen molar-refractivity contribution in [3.8, 4) is 0 Å². The van der Waals surface area contributed by atoms with E-state index >= 15 is 0 Å². The number of ketones is 1. The summed E-state index contributed by atoms with van der Waals surface area (Å²) in [6, 6.07) is 0. The van der Waals surface area contributed by atoms with Gasteiger partial charge in [-0.2, -0.15) is 0 Å². The van der Waals surface area contributed by atoms with Gasteiger partial charge in [0.2, 0.25) is 0 Å². The Morgan fingerprint density at radius 3 is 2.60 bits per heavy atom. The summed E-state index contributed by atoms with van der Waals surface area (Å²) in [5.41, 5.74) is 2.34. The Kier molecular flexibility index (Phi) is 3.90. The Balaban J connectivity index is 2.33. The van der Waals surface area contributed by atoms with Crippen molar-refractivity contribution in [2.75, 3.05) is 0 Å². The van der Waals surface area contributed by atoms with Gasteiger partial charge in [0.05, 0.1) is 0 Å². The van der Waals surface area contributed by atoms with Crippen molar-refractivity contribution < 1.29 is 14.3 Å². The zero-order valence-electron chi connectivity index (χ0n) is 12.9. The molecule has 2 rings (SSSR count). The van der Waals surface area contributed by atoms with E-state index in [-0.39, 0.29) is 23.1 Å². The Morgan fingerprint density at radius 1 is 1.45 bits per heavy atom. The highest BCUT2D eigenvalue weighted by Gasteiger charge is 2.51. The second kappa shape index (κ2) is 5.19. The Morgan fingerprint density at radius 2 is 2.10 bits per heavy atom. The van der Waals surface area contributed by atoms with Gasteiger partial charge in [0.1, 0.15) is 0 Å². The maximum absolute atomic E-state index is 12.1. The lowest BCUT2D eigenvalue weighted by molar-refractivity contribution is -0.158. The summed E-state index contributed by atoms with van der Waals surface area (Å²) in [6.45, 7) is 11.6. The van der Waals surface area contributed by atoms with Crippen LogP contribution in [-0.4, -0.2) is 17.9 Å². The minimum absolute atomic E-state index is 0.0162. The normalized spacial score (nSPS) is 36.9. The van der Waals surface area contributed by atoms with Gasteiger partial charge in [-0.25, -0.2) is 0 Å². The third-order valence-electron chi connectivity index (χ3n) is 5.29. The summed E-state index contributed by atoms with van der Waals surface area (Å²) in [6.07, 6.45) is 4.22. The first-order chi connectivity index (χ1) is 9.28. The van der Waals surface area contributed by atoms with Crippen LogP contribution in [0.1, 0.15) is 47.0 Å². The third-order valence-corrected chi connectivity index (χ3v) is 5.29. The van der Waals surface area contributed by atoms with Crippen LogP contribution in [0.5, 0.6) is 0 Å². The van der Waals surface area contributed by atoms with Crippen LogP contribution in [0, 0.1) is 17.3 Å². The number of esters is 1. The molecule has 0 unspecified atom stereocenters. The fourth-order valence-electron chi connectivity index (χ4n) is 3.94. The van der Waals surface area contributed by atoms with Crippen molar-refractivity contribution in [1.82, 2.24) is 0 Å². The number of ether oxygens (including phenoxy) is 1. The third kappa shape index (κ3) is 2.34. The molecule has 1 spiro atoms. The van der Waals surface area contributed by atoms with E-state index in [2.05, 4.69) is 13.5 Å². The van der Waals surface area contributed by atoms with Crippen molar-refractivity contribution in [1.29, 1.82) is 0 Å². The number of allylic oxidation sites excluding steroid dienone is 2. The maximum atomic E-state index is 12.1. The molecular weight excluding hydrogens is 252 g/mol. The molecule has 2 aliphatic rings. The molecule has 3 heteroatoms. The molecule has 0 aliphatic heterocycles. The van der Waals surface area contributed by atoms with Gasteiger partial charge in [0, 0.05) is 12.8 Å². The Labute approximate surface area is 121 Å². The van der Waals surface area contributed by atoms with E-state index in [0.717, 1.165) is 24.8 Å². The minimum atomic E-state index is -0.625. The van der Waals surface area contributed by atoms with Crippen LogP contribution in [-0.2, 0) is 14.3 Å². The maximum Gasteiger partial charge on any atom is 0.303 e. The molecule has 0 aromatic carbocycles. The van der Waals surface area contributed by atoms with Crippen LogP contribution in [0.3, 0.4) is 0 Å². The monoisotopic (exact) mass is 276 g/mol. The summed E-state index contributed by atoms with van der Waals surface area (Å²) in [5, 5.41) is 0. The number of carbonyl (C=O) groups excluding carboxylic acids is 2. The second-order valence-electron chi connectivity index (χ2n) is 6.49. The zero-order chi connectivity index (χ0) is 15.1. The minimum Gasteiger partial charge on any atom is -0.454 e. The van der Waals surface area contributed by atoms with Gasteiger partial charge < -0.3 is 4.74 Å². The molecule has 2 aliphatic carbocycles. The second-order valence-corrected chi connectivity index (χ2v) is 6.49. The highest BCUT2D eigenvalue weighted by Crippen LogP contribution is 2.56. The molecular formula is C17H24O3. The predicted octanol–water partition coefficient (Wildman–Crippen LogP) is 3.45. The van der Waals surface area contributed by atoms with Gasteiger partial charge >= 0.3 is 5.97 Å². The summed E-state index contributed by atoms with van der Waals surface area (Å²) in [5.74, 6) is 0.0857. The Bertz CT molecular complexity index is 488. The first kappa shape index (κ1) is 15.0. The standard InChI is InChI=1S/C17H24O3/c1-10(2)14-6-7-17(9-14)11(3)8-15(19)16(12(17)4)20-13(5)18/h8,12,14,16H,1,6-7,9H2,2-5H3/t12-,14-,16-,17-/m1/s1. The lowest BCUT2D eigenvalue weighted by atomic mass is 9.63. The van der Waals surface area contributed by atoms with E-state index in [1.807, 2.05) is 13.8 Å². The number of rotatable bonds is 2. The van der Waals surface area contributed by atoms with Crippen LogP contribution in [0.2, 0.25) is 0 Å². The van der Waals surface area contributed by atoms with Crippen LogP contribution < -0.4 is 0 Å². The highest BCUT2D eigenvalue weighted by molar-refractivity contribution is 5.97. The van der Waals surface area contributed by atoms with Gasteiger partial charge in [0.15, 0.2) is 11.9 Å². The largest absolute Gasteiger partial charge is 0.454 e. The van der Waals surface area contributed by atoms with Crippen LogP contribution >= 0.6 is 0 Å². The quantitative estimate of drug-likeness (QED) is 0.573. The Hall–Kier alpha value is -1.38. The number of hydrogen-bond donors (Lipinski definition) is 0. The van der Waals surface area contributed by atoms with E-state index in [1.165, 1.54) is 12.5 Å². The predicted molar refractivity (Wildman–Crippen MR) is 78.1 cm³/mol. The molecule has 3 nitrogen and oxygen atoms in total. The summed E-state index contributed by atoms with van der Waals surface area (Å²) >= 11 is 0. The number of carbonyl (C=O) groups is 2. The summed E-state index contributed by atoms with van der Waals surface area (Å²) in [4.78, 5) is 23.4. The van der Waals surface area contributed by atoms with Crippen molar-refractivity contribution in [2.45, 2.75) is 53.1 Å². The average molecular weight is 276 g/mol. The molecule has 4 atom stereocenters. The molecule has 0 radical (unpaired) electrons. The van der Waals surface area contributed by atoms with Crippen LogP contribution in [0.15, 0.2) is 23.8 Å². The molecule has 0 saturated heterocycles. The lowest BCUT2D eigenvalue weighted by Gasteiger charge is -2.43. The molecule has 1 fully saturated rings. The molecule has 110 valence electrons. The van der Waals surface area contributed by atoms with Gasteiger partial charge in [-0.3, -0.25) is 9.59 Å². The van der Waals surface area contributed by atoms with Gasteiger partial charge in [0.25, 0.3) is 0 Å². The van der Waals surface area contributed by atoms with Crippen molar-refractivity contribution in [3.05, 3.63) is 23.8 Å². The smallest absolute Gasteiger partial charge is 0.303 e. The molecule has 0 heterocycles. The molecule has 0 bridgehead atoms. The van der Waals surface area contributed by atoms with Crippen molar-refractivity contribution >= 4 is 11.8 Å². The zero-order valence-corrected chi connectivity index (χ0v) is 12.9. The summed E-state index contributed by atoms with van der Waals surface area (Å²) in [7, 11) is 0. The van der Waals surface area contributed by atoms with E-state index in [4.69, 9.17) is 4.74 Å². The fraction of sp³-hybridized carbons (Fsp3) is 0.647. The topological polar surface area (TPSA) is 43.4 Å². The number of hydrogen-bond acceptors (Lipinski definition) is 3. The summed E-state index contributed by atoms with van der Waals surface area (Å²) < 4.78 is 5.29. The van der Waals surface area contributed by atoms with Gasteiger partial charge in [-0.05, 0) is 50.5 Å². The van der Waals surface area contributed by atoms with E-state index in [0.29, 0.717) is 5.92 Å². The molecule has 1 saturated carbocycles. The van der Waals surface area contributed by atoms with Gasteiger partial charge in [-0.1, -0.05) is 24.6 Å². The van der Waals surface area contributed by atoms with Crippen LogP contribution in [0.25, 0.3) is 0 Å². The van der Waals surface area contributed by atoms with E-state index in [9.17, 15) is 9.59 Å². The molecule has 0 aromatic rings. The molecule has 0 aromatic heterocycles. The average Bonchev–Trinajstić information content (AvgIpc) is 2.79. The molecule has 0 amide bonds. The molecule has 0 N–H and O–H groups in total. The van der Waals surface area contributed by atoms with Crippen molar-refractivity contribution in [2.24, 2.45) is 17.3 Å².